The van der Waals surface area contributed by atoms with Crippen molar-refractivity contribution >= 4 is 29.8 Å². The van der Waals surface area contributed by atoms with E-state index in [4.69, 9.17) is 23.7 Å². The lowest BCUT2D eigenvalue weighted by Crippen LogP contribution is -2.45. The number of carbonyl (C=O) groups is 5. The zero-order valence-corrected chi connectivity index (χ0v) is 59.7. The standard InChI is InChI=1S/C18H26O2.C17H28O3.C17H24O2.C14H24O2.C13H22O2/c1-5-17(3,4)16(19)20-18(12-6-7-13-18)15-10-8-14(2)9-11-15;1-4-16(2,3)15(19)20-17(13-8-5-6-9-13)11-7-10-14(17)12-18;1-4-16(2,3)15(18)19-17(12-8-9-13-17)14-10-6-5-7-11-14;1-6-13(4,5)12(15)16-14(11(2)3)9-7-8-10-14;1-5-12(3,4)11(14)15-13(6-2)9-7-8-10-13/h8-11H,5-7,12-13H2,1-4H3;8,14,18H,4-7,9-12H2,1-3H3;5-7,10-11H,4,8-9,12-13H2,1-3H3;2,6-10H2,1,3-5H3;6H,2,5,7-10H2,1,3-4H3. The fraction of sp³-hybridized carbons (Fsp3) is 0.709. The van der Waals surface area contributed by atoms with Gasteiger partial charge in [0.25, 0.3) is 0 Å². The molecule has 11 nitrogen and oxygen atoms in total. The van der Waals surface area contributed by atoms with E-state index in [1.165, 1.54) is 11.1 Å². The summed E-state index contributed by atoms with van der Waals surface area (Å²) in [4.78, 5) is 61.5. The summed E-state index contributed by atoms with van der Waals surface area (Å²) < 4.78 is 29.5. The molecule has 0 spiro atoms. The summed E-state index contributed by atoms with van der Waals surface area (Å²) in [5.74, 6) is -0.355. The predicted octanol–water partition coefficient (Wildman–Crippen LogP) is 20.1. The Kier molecular flexibility index (Phi) is 28.6. The third-order valence-corrected chi connectivity index (χ3v) is 21.9. The Morgan fingerprint density at radius 3 is 1.26 bits per heavy atom. The molecule has 5 saturated carbocycles. The van der Waals surface area contributed by atoms with Gasteiger partial charge in [0.15, 0.2) is 0 Å². The molecule has 0 aliphatic heterocycles. The van der Waals surface area contributed by atoms with Gasteiger partial charge in [-0.15, -0.1) is 0 Å². The summed E-state index contributed by atoms with van der Waals surface area (Å²) in [7, 11) is 0. The molecule has 2 unspecified atom stereocenters. The molecular formula is C79H124O11. The lowest BCUT2D eigenvalue weighted by Gasteiger charge is -2.38. The molecule has 11 heteroatoms. The molecule has 0 radical (unpaired) electrons. The van der Waals surface area contributed by atoms with Gasteiger partial charge in [-0.05, 0) is 285 Å². The van der Waals surface area contributed by atoms with Gasteiger partial charge in [-0.1, -0.05) is 114 Å². The Hall–Kier alpha value is -5.03. The summed E-state index contributed by atoms with van der Waals surface area (Å²) in [6.07, 6.45) is 30.7. The summed E-state index contributed by atoms with van der Waals surface area (Å²) in [5, 5.41) is 9.72. The van der Waals surface area contributed by atoms with E-state index in [2.05, 4.69) is 62.6 Å². The van der Waals surface area contributed by atoms with Crippen LogP contribution in [0.2, 0.25) is 0 Å². The molecule has 2 aromatic carbocycles. The van der Waals surface area contributed by atoms with Crippen molar-refractivity contribution in [2.45, 2.75) is 319 Å². The van der Waals surface area contributed by atoms with Crippen molar-refractivity contribution in [2.24, 2.45) is 33.0 Å². The normalized spacial score (nSPS) is 21.4. The van der Waals surface area contributed by atoms with Crippen LogP contribution >= 0.6 is 0 Å². The number of aliphatic hydroxyl groups is 1. The fourth-order valence-electron chi connectivity index (χ4n) is 12.5. The van der Waals surface area contributed by atoms with Crippen LogP contribution in [0.15, 0.2) is 91.1 Å². The van der Waals surface area contributed by atoms with Crippen molar-refractivity contribution < 1.29 is 52.8 Å². The molecule has 2 atom stereocenters. The second-order valence-corrected chi connectivity index (χ2v) is 30.5. The van der Waals surface area contributed by atoms with Gasteiger partial charge in [0.1, 0.15) is 28.0 Å². The van der Waals surface area contributed by atoms with Gasteiger partial charge in [-0.3, -0.25) is 24.0 Å². The molecule has 1 N–H and O–H groups in total. The van der Waals surface area contributed by atoms with E-state index in [0.29, 0.717) is 0 Å². The minimum Gasteiger partial charge on any atom is -0.454 e. The second kappa shape index (κ2) is 33.2. The molecule has 5 fully saturated rings. The highest BCUT2D eigenvalue weighted by molar-refractivity contribution is 5.78. The number of aryl methyl sites for hydroxylation is 1. The Morgan fingerprint density at radius 2 is 0.878 bits per heavy atom. The van der Waals surface area contributed by atoms with Crippen molar-refractivity contribution in [2.75, 3.05) is 6.61 Å². The average Bonchev–Trinajstić information content (AvgIpc) is 1.60. The number of rotatable bonds is 21. The van der Waals surface area contributed by atoms with Crippen LogP contribution in [0.25, 0.3) is 0 Å². The number of allylic oxidation sites excluding steroid dienone is 1. The molecule has 8 rings (SSSR count). The monoisotopic (exact) mass is 1250 g/mol. The molecule has 6 aliphatic rings. The highest BCUT2D eigenvalue weighted by Gasteiger charge is 2.51. The SMILES string of the molecule is C=C(C)C1(OC(=O)C(C)(C)CC)CCCC1.C=CC1(OC(=O)C(C)(C)CC)CCCC1.CCC(C)(C)C(=O)OC1(C2=CCCC2)CCCC1CO.CCC(C)(C)C(=O)OC1(c2ccc(C)cc2)CCCC1.CCC(C)(C)C(=O)OC1(c2ccccc2)CCCC1. The number of esters is 5. The van der Waals surface area contributed by atoms with Crippen molar-refractivity contribution in [1.29, 1.82) is 0 Å². The van der Waals surface area contributed by atoms with Crippen LogP contribution in [0.5, 0.6) is 0 Å². The molecule has 2 aromatic rings. The highest BCUT2D eigenvalue weighted by Crippen LogP contribution is 2.50. The third kappa shape index (κ3) is 19.8. The van der Waals surface area contributed by atoms with Crippen LogP contribution in [0.4, 0.5) is 0 Å². The zero-order valence-electron chi connectivity index (χ0n) is 59.7. The van der Waals surface area contributed by atoms with Crippen LogP contribution in [-0.4, -0.2) is 58.4 Å². The van der Waals surface area contributed by atoms with Gasteiger partial charge in [0.05, 0.1) is 33.7 Å². The third-order valence-electron chi connectivity index (χ3n) is 21.9. The Bertz CT molecular complexity index is 2660. The first-order valence-electron chi connectivity index (χ1n) is 35.1. The Labute approximate surface area is 546 Å². The quantitative estimate of drug-likeness (QED) is 0.0722. The van der Waals surface area contributed by atoms with E-state index in [1.807, 2.05) is 135 Å². The van der Waals surface area contributed by atoms with Gasteiger partial charge < -0.3 is 28.8 Å². The van der Waals surface area contributed by atoms with E-state index in [9.17, 15) is 29.1 Å². The number of benzene rings is 2. The predicted molar refractivity (Wildman–Crippen MR) is 365 cm³/mol. The number of hydrogen-bond acceptors (Lipinski definition) is 11. The van der Waals surface area contributed by atoms with E-state index in [-0.39, 0.29) is 70.0 Å². The maximum absolute atomic E-state index is 12.5. The van der Waals surface area contributed by atoms with Crippen LogP contribution < -0.4 is 0 Å². The maximum Gasteiger partial charge on any atom is 0.312 e. The van der Waals surface area contributed by atoms with Crippen LogP contribution in [0.3, 0.4) is 0 Å². The first-order chi connectivity index (χ1) is 42.2. The molecule has 506 valence electrons. The summed E-state index contributed by atoms with van der Waals surface area (Å²) >= 11 is 0. The number of hydrogen-bond donors (Lipinski definition) is 1. The van der Waals surface area contributed by atoms with Gasteiger partial charge >= 0.3 is 29.8 Å². The second-order valence-electron chi connectivity index (χ2n) is 30.5. The van der Waals surface area contributed by atoms with Gasteiger partial charge in [0, 0.05) is 5.92 Å². The number of carbonyl (C=O) groups excluding carboxylic acids is 5. The van der Waals surface area contributed by atoms with Gasteiger partial charge in [0.2, 0.25) is 0 Å². The molecule has 90 heavy (non-hydrogen) atoms. The van der Waals surface area contributed by atoms with Crippen molar-refractivity contribution in [1.82, 2.24) is 0 Å². The van der Waals surface area contributed by atoms with Crippen molar-refractivity contribution in [3.05, 3.63) is 108 Å². The topological polar surface area (TPSA) is 152 Å². The minimum absolute atomic E-state index is 0.0672. The maximum atomic E-state index is 12.5. The number of ether oxygens (including phenoxy) is 5. The highest BCUT2D eigenvalue weighted by atomic mass is 16.6. The lowest BCUT2D eigenvalue weighted by molar-refractivity contribution is -0.172. The summed E-state index contributed by atoms with van der Waals surface area (Å²) in [6.45, 7) is 41.5. The molecule has 0 heterocycles. The molecule has 0 bridgehead atoms. The molecule has 0 aromatic heterocycles. The summed E-state index contributed by atoms with van der Waals surface area (Å²) in [6, 6.07) is 18.7. The van der Waals surface area contributed by atoms with E-state index >= 15 is 0 Å². The van der Waals surface area contributed by atoms with Crippen molar-refractivity contribution in [3.8, 4) is 0 Å². The first-order valence-corrected chi connectivity index (χ1v) is 35.1. The smallest absolute Gasteiger partial charge is 0.312 e. The first kappa shape index (κ1) is 77.4. The minimum atomic E-state index is -0.519. The van der Waals surface area contributed by atoms with Crippen LogP contribution in [0.1, 0.15) is 301 Å². The molecular weight excluding hydrogens is 1120 g/mol. The van der Waals surface area contributed by atoms with Crippen molar-refractivity contribution in [3.63, 3.8) is 0 Å². The van der Waals surface area contributed by atoms with Crippen LogP contribution in [-0.2, 0) is 58.9 Å². The zero-order chi connectivity index (χ0) is 67.5. The van der Waals surface area contributed by atoms with Crippen LogP contribution in [0, 0.1) is 39.9 Å². The Balaban J connectivity index is 0.000000241. The average molecular weight is 1250 g/mol. The largest absolute Gasteiger partial charge is 0.454 e. The molecule has 6 aliphatic carbocycles. The lowest BCUT2D eigenvalue weighted by atomic mass is 9.82. The van der Waals surface area contributed by atoms with E-state index in [1.54, 1.807) is 0 Å². The number of aliphatic hydroxyl groups excluding tert-OH is 1. The van der Waals surface area contributed by atoms with E-state index in [0.717, 1.165) is 190 Å². The van der Waals surface area contributed by atoms with E-state index < -0.39 is 27.4 Å². The summed E-state index contributed by atoms with van der Waals surface area (Å²) in [5.41, 5.74) is 1.74. The van der Waals surface area contributed by atoms with Gasteiger partial charge in [-0.2, -0.15) is 0 Å². The molecule has 0 saturated heterocycles. The Morgan fingerprint density at radius 1 is 0.500 bits per heavy atom. The van der Waals surface area contributed by atoms with Gasteiger partial charge in [-0.25, -0.2) is 0 Å². The fourth-order valence-corrected chi connectivity index (χ4v) is 12.5. The molecule has 0 amide bonds.